The van der Waals surface area contributed by atoms with E-state index in [4.69, 9.17) is 18.9 Å². The van der Waals surface area contributed by atoms with Gasteiger partial charge >= 0.3 is 5.97 Å². The lowest BCUT2D eigenvalue weighted by molar-refractivity contribution is -0.184. The van der Waals surface area contributed by atoms with E-state index in [1.54, 1.807) is 12.1 Å². The van der Waals surface area contributed by atoms with Crippen molar-refractivity contribution >= 4 is 11.8 Å². The van der Waals surface area contributed by atoms with Gasteiger partial charge in [-0.05, 0) is 85.9 Å². The molecule has 8 heteroatoms. The van der Waals surface area contributed by atoms with Gasteiger partial charge in [0.05, 0.1) is 19.1 Å². The summed E-state index contributed by atoms with van der Waals surface area (Å²) in [5.41, 5.74) is 0.905. The topological polar surface area (TPSA) is 112 Å². The van der Waals surface area contributed by atoms with Crippen molar-refractivity contribution in [2.24, 2.45) is 23.2 Å². The fourth-order valence-corrected chi connectivity index (χ4v) is 8.95. The van der Waals surface area contributed by atoms with Gasteiger partial charge in [-0.15, -0.1) is 0 Å². The number of allylic oxidation sites excluding steroid dienone is 1. The number of benzene rings is 2. The maximum absolute atomic E-state index is 13.9. The number of methoxy groups -OCH3 is 1. The Morgan fingerprint density at radius 3 is 2.52 bits per heavy atom. The number of aromatic hydroxyl groups is 1. The molecular weight excluding hydrogens is 608 g/mol. The predicted octanol–water partition coefficient (Wildman–Crippen LogP) is 6.43. The molecule has 2 N–H and O–H groups in total. The minimum atomic E-state index is -1.34. The minimum absolute atomic E-state index is 0.00443. The van der Waals surface area contributed by atoms with Crippen LogP contribution in [0.4, 0.5) is 0 Å². The van der Waals surface area contributed by atoms with Crippen molar-refractivity contribution in [3.05, 3.63) is 95.1 Å². The van der Waals surface area contributed by atoms with Gasteiger partial charge in [-0.2, -0.15) is 0 Å². The predicted molar refractivity (Wildman–Crippen MR) is 181 cm³/mol. The van der Waals surface area contributed by atoms with Gasteiger partial charge in [0.2, 0.25) is 0 Å². The van der Waals surface area contributed by atoms with Crippen molar-refractivity contribution in [3.63, 3.8) is 0 Å². The Labute approximate surface area is 283 Å². The lowest BCUT2D eigenvalue weighted by atomic mass is 9.53. The van der Waals surface area contributed by atoms with Crippen LogP contribution in [-0.2, 0) is 36.6 Å². The fourth-order valence-electron chi connectivity index (χ4n) is 8.95. The van der Waals surface area contributed by atoms with Crippen LogP contribution in [0.2, 0.25) is 0 Å². The monoisotopic (exact) mass is 656 g/mol. The molecule has 3 aliphatic carbocycles. The molecule has 0 spiro atoms. The number of carbonyl (C=O) groups is 2. The number of rotatable bonds is 9. The zero-order chi connectivity index (χ0) is 34.6. The van der Waals surface area contributed by atoms with E-state index < -0.39 is 46.3 Å². The summed E-state index contributed by atoms with van der Waals surface area (Å²) in [5.74, 6) is -2.48. The number of carbonyl (C=O) groups excluding carboxylic acids is 2. The lowest BCUT2D eigenvalue weighted by Gasteiger charge is -2.56. The highest BCUT2D eigenvalue weighted by molar-refractivity contribution is 6.02. The first kappa shape index (κ1) is 34.2. The number of aliphatic hydroxyl groups is 1. The van der Waals surface area contributed by atoms with Crippen LogP contribution in [0.15, 0.2) is 84.0 Å². The Hall–Kier alpha value is -3.72. The molecule has 1 unspecified atom stereocenters. The molecule has 4 aliphatic rings. The van der Waals surface area contributed by atoms with E-state index in [1.807, 2.05) is 65.0 Å². The van der Waals surface area contributed by atoms with Gasteiger partial charge in [-0.25, -0.2) is 0 Å². The summed E-state index contributed by atoms with van der Waals surface area (Å²) in [5, 5.41) is 23.0. The van der Waals surface area contributed by atoms with Crippen LogP contribution < -0.4 is 4.74 Å². The van der Waals surface area contributed by atoms with Gasteiger partial charge in [0.25, 0.3) is 0 Å². The molecule has 0 radical (unpaired) electrons. The number of phenolic OH excluding ortho intramolecular Hbond substituents is 1. The van der Waals surface area contributed by atoms with Crippen molar-refractivity contribution in [2.45, 2.75) is 89.8 Å². The van der Waals surface area contributed by atoms with Gasteiger partial charge in [0.15, 0.2) is 23.1 Å². The number of ether oxygens (including phenoxy) is 4. The Morgan fingerprint density at radius 1 is 1.10 bits per heavy atom. The molecule has 0 bridgehead atoms. The van der Waals surface area contributed by atoms with E-state index >= 15 is 0 Å². The highest BCUT2D eigenvalue weighted by Crippen LogP contribution is 2.63. The lowest BCUT2D eigenvalue weighted by Crippen LogP contribution is -2.65. The highest BCUT2D eigenvalue weighted by atomic mass is 16.8. The Balaban J connectivity index is 1.34. The van der Waals surface area contributed by atoms with Crippen molar-refractivity contribution in [2.75, 3.05) is 13.7 Å². The maximum Gasteiger partial charge on any atom is 0.310 e. The summed E-state index contributed by atoms with van der Waals surface area (Å²) in [6, 6.07) is 14.9. The van der Waals surface area contributed by atoms with Crippen LogP contribution in [0.1, 0.15) is 65.0 Å². The first-order valence-electron chi connectivity index (χ1n) is 16.9. The van der Waals surface area contributed by atoms with Gasteiger partial charge < -0.3 is 29.2 Å². The van der Waals surface area contributed by atoms with Crippen LogP contribution in [0.5, 0.6) is 11.5 Å². The zero-order valence-electron chi connectivity index (χ0n) is 28.9. The van der Waals surface area contributed by atoms with Crippen molar-refractivity contribution in [1.82, 2.24) is 0 Å². The van der Waals surface area contributed by atoms with E-state index in [0.717, 1.165) is 17.6 Å². The van der Waals surface area contributed by atoms with Gasteiger partial charge in [0.1, 0.15) is 18.3 Å². The molecule has 2 aromatic carbocycles. The summed E-state index contributed by atoms with van der Waals surface area (Å²) in [4.78, 5) is 27.0. The quantitative estimate of drug-likeness (QED) is 0.235. The second-order valence-electron chi connectivity index (χ2n) is 14.9. The SMILES string of the molecule is C=C(C)[C@]12C[C@@H](C)[C@@]3(O)[C@@H](C=C(COC(=O)Cc4ccc(O)c(OC)c4)C[C@]4(C)C(=O)C(C)=C[C@@H]34)[C@H]1OC(C)(CCc1ccccc1)O2. The molecule has 2 fully saturated rings. The third-order valence-electron chi connectivity index (χ3n) is 11.4. The third kappa shape index (κ3) is 5.61. The van der Waals surface area contributed by atoms with Crippen LogP contribution >= 0.6 is 0 Å². The summed E-state index contributed by atoms with van der Waals surface area (Å²) in [7, 11) is 1.45. The molecule has 0 amide bonds. The molecule has 2 aromatic rings. The summed E-state index contributed by atoms with van der Waals surface area (Å²) in [6.45, 7) is 14.1. The first-order chi connectivity index (χ1) is 22.6. The maximum atomic E-state index is 13.9. The number of Topliss-reactive ketones (excluding diaryl/α,β-unsaturated/α-hetero) is 1. The summed E-state index contributed by atoms with van der Waals surface area (Å²) < 4.78 is 25.0. The number of phenols is 1. The fraction of sp³-hybridized carbons (Fsp3) is 0.500. The molecular formula is C40H48O8. The number of ketones is 1. The first-order valence-corrected chi connectivity index (χ1v) is 16.9. The van der Waals surface area contributed by atoms with Crippen LogP contribution in [-0.4, -0.2) is 58.8 Å². The largest absolute Gasteiger partial charge is 0.504 e. The summed E-state index contributed by atoms with van der Waals surface area (Å²) in [6.07, 6.45) is 5.52. The molecule has 0 aromatic heterocycles. The van der Waals surface area contributed by atoms with Crippen molar-refractivity contribution < 1.29 is 38.7 Å². The molecule has 48 heavy (non-hydrogen) atoms. The molecule has 1 saturated carbocycles. The van der Waals surface area contributed by atoms with Gasteiger partial charge in [-0.1, -0.05) is 69.0 Å². The third-order valence-corrected chi connectivity index (χ3v) is 11.4. The highest BCUT2D eigenvalue weighted by Gasteiger charge is 2.71. The Kier molecular flexibility index (Phi) is 8.76. The van der Waals surface area contributed by atoms with E-state index in [0.29, 0.717) is 30.4 Å². The molecule has 8 atom stereocenters. The second-order valence-corrected chi connectivity index (χ2v) is 14.9. The van der Waals surface area contributed by atoms with E-state index in [9.17, 15) is 19.8 Å². The minimum Gasteiger partial charge on any atom is -0.504 e. The average Bonchev–Trinajstić information content (AvgIpc) is 3.44. The van der Waals surface area contributed by atoms with Crippen LogP contribution in [0.25, 0.3) is 0 Å². The van der Waals surface area contributed by atoms with Gasteiger partial charge in [-0.3, -0.25) is 9.59 Å². The second kappa shape index (κ2) is 12.3. The number of hydrogen-bond acceptors (Lipinski definition) is 8. The van der Waals surface area contributed by atoms with E-state index in [-0.39, 0.29) is 36.2 Å². The standard InChI is InChI=1S/C40H48O8/c1-24(2)39-21-26(4)40(44)30(36(39)47-38(6,48-39)16-15-27-11-9-8-10-12-27)18-29(22-37(5)33(40)17-25(3)35(37)43)23-46-34(42)20-28-13-14-31(41)32(19-28)45-7/h8-14,17-19,26,30,33,36,41,44H,1,15-16,20-23H2,2-7H3/t26-,30+,33-,36-,37+,38?,39-,40-/m1/s1. The Bertz CT molecular complexity index is 1680. The Morgan fingerprint density at radius 2 is 1.83 bits per heavy atom. The summed E-state index contributed by atoms with van der Waals surface area (Å²) >= 11 is 0. The molecule has 1 heterocycles. The van der Waals surface area contributed by atoms with E-state index in [1.165, 1.54) is 18.7 Å². The number of esters is 1. The molecule has 6 rings (SSSR count). The van der Waals surface area contributed by atoms with Crippen LogP contribution in [0.3, 0.4) is 0 Å². The smallest absolute Gasteiger partial charge is 0.310 e. The molecule has 1 aliphatic heterocycles. The van der Waals surface area contributed by atoms with E-state index in [2.05, 4.69) is 18.7 Å². The zero-order valence-corrected chi connectivity index (χ0v) is 28.9. The van der Waals surface area contributed by atoms with Crippen molar-refractivity contribution in [1.29, 1.82) is 0 Å². The van der Waals surface area contributed by atoms with Crippen molar-refractivity contribution in [3.8, 4) is 11.5 Å². The normalized spacial score (nSPS) is 35.4. The average molecular weight is 657 g/mol. The van der Waals surface area contributed by atoms with Crippen LogP contribution in [0, 0.1) is 23.2 Å². The number of fused-ring (bicyclic) bond motifs is 5. The number of hydrogen-bond donors (Lipinski definition) is 2. The molecule has 8 nitrogen and oxygen atoms in total. The van der Waals surface area contributed by atoms with Gasteiger partial charge in [0, 0.05) is 23.7 Å². The number of aryl methyl sites for hydroxylation is 1. The molecule has 1 saturated heterocycles. The molecule has 256 valence electrons.